The second kappa shape index (κ2) is 11.0. The van der Waals surface area contributed by atoms with E-state index >= 15 is 0 Å². The highest BCUT2D eigenvalue weighted by atomic mass is 32.2. The van der Waals surface area contributed by atoms with E-state index in [1.165, 1.54) is 15.5 Å². The lowest BCUT2D eigenvalue weighted by atomic mass is 10.1. The van der Waals surface area contributed by atoms with E-state index in [0.717, 1.165) is 23.7 Å². The van der Waals surface area contributed by atoms with Gasteiger partial charge in [-0.15, -0.1) is 0 Å². The summed E-state index contributed by atoms with van der Waals surface area (Å²) in [5.74, 6) is 0.692. The maximum atomic E-state index is 12.8. The quantitative estimate of drug-likeness (QED) is 0.475. The van der Waals surface area contributed by atoms with Crippen molar-refractivity contribution in [3.8, 4) is 5.75 Å². The summed E-state index contributed by atoms with van der Waals surface area (Å²) in [6.07, 6.45) is 0.581. The average Bonchev–Trinajstić information content (AvgIpc) is 3.08. The molecule has 1 fully saturated rings. The van der Waals surface area contributed by atoms with Crippen molar-refractivity contribution < 1.29 is 27.5 Å². The first-order chi connectivity index (χ1) is 15.0. The van der Waals surface area contributed by atoms with Gasteiger partial charge in [0.15, 0.2) is 8.32 Å². The number of carbonyl (C=O) groups is 1. The fourth-order valence-electron chi connectivity index (χ4n) is 4.67. The monoisotopic (exact) mass is 486 g/mol. The number of benzene rings is 1. The van der Waals surface area contributed by atoms with Crippen molar-refractivity contribution in [3.63, 3.8) is 0 Å². The van der Waals surface area contributed by atoms with Crippen LogP contribution in [0.25, 0.3) is 0 Å². The first-order valence-electron chi connectivity index (χ1n) is 11.3. The number of carboxylic acid groups (broad SMARTS) is 1. The highest BCUT2D eigenvalue weighted by Crippen LogP contribution is 2.33. The molecule has 0 bridgehead atoms. The summed E-state index contributed by atoms with van der Waals surface area (Å²) in [5, 5.41) is 9.90. The summed E-state index contributed by atoms with van der Waals surface area (Å²) in [4.78, 5) is 13.5. The standard InChI is InChI=1S/C22H38N2O6SSi/c1-7-32(8-2,9-3)30-16-21-20(14-17(4)24(21)22(25)26)23(31(6,27)28)15-18-10-12-19(29-5)13-11-18/h10-13,17,20-21H,7-9,14-16H2,1-6H3,(H,25,26)/t17-,20+,21+/m1/s1. The third-order valence-electron chi connectivity index (χ3n) is 6.87. The molecule has 0 unspecified atom stereocenters. The largest absolute Gasteiger partial charge is 0.497 e. The molecule has 0 aliphatic carbocycles. The van der Waals surface area contributed by atoms with Crippen LogP contribution in [0.15, 0.2) is 24.3 Å². The van der Waals surface area contributed by atoms with Gasteiger partial charge < -0.3 is 14.3 Å². The van der Waals surface area contributed by atoms with Crippen LogP contribution >= 0.6 is 0 Å². The van der Waals surface area contributed by atoms with Crippen molar-refractivity contribution in [2.75, 3.05) is 20.0 Å². The van der Waals surface area contributed by atoms with Gasteiger partial charge in [-0.1, -0.05) is 32.9 Å². The second-order valence-electron chi connectivity index (χ2n) is 8.62. The minimum atomic E-state index is -3.60. The van der Waals surface area contributed by atoms with Crippen LogP contribution in [-0.2, 0) is 21.0 Å². The maximum absolute atomic E-state index is 12.8. The van der Waals surface area contributed by atoms with Crippen molar-refractivity contribution >= 4 is 24.4 Å². The lowest BCUT2D eigenvalue weighted by Gasteiger charge is -2.36. The molecular weight excluding hydrogens is 448 g/mol. The summed E-state index contributed by atoms with van der Waals surface area (Å²) in [6, 6.07) is 8.75. The number of hydrogen-bond acceptors (Lipinski definition) is 5. The summed E-state index contributed by atoms with van der Waals surface area (Å²) >= 11 is 0. The minimum absolute atomic E-state index is 0.169. The zero-order valence-corrected chi connectivity index (χ0v) is 21.9. The molecule has 1 amide bonds. The van der Waals surface area contributed by atoms with Crippen LogP contribution < -0.4 is 4.74 Å². The number of nitrogens with zero attached hydrogens (tertiary/aromatic N) is 2. The van der Waals surface area contributed by atoms with E-state index in [-0.39, 0.29) is 19.2 Å². The number of amides is 1. The molecule has 0 spiro atoms. The number of sulfonamides is 1. The van der Waals surface area contributed by atoms with E-state index in [0.29, 0.717) is 12.2 Å². The Balaban J connectivity index is 2.38. The first kappa shape index (κ1) is 26.6. The average molecular weight is 487 g/mol. The predicted octanol–water partition coefficient (Wildman–Crippen LogP) is 3.99. The lowest BCUT2D eigenvalue weighted by Crippen LogP contribution is -2.52. The Morgan fingerprint density at radius 2 is 1.75 bits per heavy atom. The lowest BCUT2D eigenvalue weighted by molar-refractivity contribution is 0.0927. The molecule has 0 radical (unpaired) electrons. The van der Waals surface area contributed by atoms with E-state index in [4.69, 9.17) is 9.16 Å². The zero-order chi connectivity index (χ0) is 24.1. The second-order valence-corrected chi connectivity index (χ2v) is 15.3. The van der Waals surface area contributed by atoms with Crippen LogP contribution in [0.4, 0.5) is 4.79 Å². The predicted molar refractivity (Wildman–Crippen MR) is 128 cm³/mol. The van der Waals surface area contributed by atoms with Crippen molar-refractivity contribution in [1.82, 2.24) is 9.21 Å². The van der Waals surface area contributed by atoms with E-state index in [1.807, 2.05) is 19.1 Å². The number of methoxy groups -OCH3 is 1. The highest BCUT2D eigenvalue weighted by molar-refractivity contribution is 7.88. The molecule has 10 heteroatoms. The van der Waals surface area contributed by atoms with Crippen LogP contribution in [0, 0.1) is 0 Å². The van der Waals surface area contributed by atoms with Crippen molar-refractivity contribution in [2.24, 2.45) is 0 Å². The van der Waals surface area contributed by atoms with Gasteiger partial charge in [0.25, 0.3) is 0 Å². The van der Waals surface area contributed by atoms with Gasteiger partial charge in [0.1, 0.15) is 5.75 Å². The molecule has 1 aliphatic heterocycles. The molecule has 0 aromatic heterocycles. The van der Waals surface area contributed by atoms with Crippen molar-refractivity contribution in [3.05, 3.63) is 29.8 Å². The van der Waals surface area contributed by atoms with Crippen molar-refractivity contribution in [2.45, 2.75) is 76.9 Å². The summed E-state index contributed by atoms with van der Waals surface area (Å²) in [7, 11) is -3.99. The smallest absolute Gasteiger partial charge is 0.407 e. The molecule has 32 heavy (non-hydrogen) atoms. The Kier molecular flexibility index (Phi) is 9.15. The Bertz CT molecular complexity index is 851. The van der Waals surface area contributed by atoms with Crippen LogP contribution in [-0.4, -0.2) is 75.2 Å². The molecule has 1 N–H and O–H groups in total. The van der Waals surface area contributed by atoms with E-state index in [2.05, 4.69) is 20.8 Å². The van der Waals surface area contributed by atoms with Gasteiger partial charge in [-0.2, -0.15) is 4.31 Å². The zero-order valence-electron chi connectivity index (χ0n) is 20.1. The number of ether oxygens (including phenoxy) is 1. The molecule has 0 saturated carbocycles. The normalized spacial score (nSPS) is 21.8. The van der Waals surface area contributed by atoms with Crippen LogP contribution in [0.2, 0.25) is 18.1 Å². The van der Waals surface area contributed by atoms with Gasteiger partial charge in [-0.05, 0) is 49.2 Å². The van der Waals surface area contributed by atoms with Crippen LogP contribution in [0.1, 0.15) is 39.7 Å². The van der Waals surface area contributed by atoms with Gasteiger partial charge in [-0.25, -0.2) is 13.2 Å². The third kappa shape index (κ3) is 6.03. The Morgan fingerprint density at radius 3 is 2.19 bits per heavy atom. The van der Waals surface area contributed by atoms with Gasteiger partial charge in [-0.3, -0.25) is 4.90 Å². The molecule has 3 atom stereocenters. The number of rotatable bonds is 11. The maximum Gasteiger partial charge on any atom is 0.407 e. The Morgan fingerprint density at radius 1 is 1.19 bits per heavy atom. The summed E-state index contributed by atoms with van der Waals surface area (Å²) in [6.45, 7) is 8.58. The topological polar surface area (TPSA) is 96.4 Å². The van der Waals surface area contributed by atoms with E-state index in [9.17, 15) is 18.3 Å². The molecule has 2 rings (SSSR count). The summed E-state index contributed by atoms with van der Waals surface area (Å²) < 4.78 is 38.8. The number of hydrogen-bond donors (Lipinski definition) is 1. The molecule has 1 saturated heterocycles. The van der Waals surface area contributed by atoms with Gasteiger partial charge >= 0.3 is 6.09 Å². The first-order valence-corrected chi connectivity index (χ1v) is 15.6. The molecule has 1 aliphatic rings. The van der Waals surface area contributed by atoms with Crippen molar-refractivity contribution in [1.29, 1.82) is 0 Å². The molecule has 182 valence electrons. The van der Waals surface area contributed by atoms with Crippen LogP contribution in [0.3, 0.4) is 0 Å². The van der Waals surface area contributed by atoms with E-state index in [1.54, 1.807) is 19.2 Å². The molecule has 1 aromatic rings. The Labute approximate surface area is 193 Å². The van der Waals surface area contributed by atoms with E-state index < -0.39 is 36.5 Å². The fraction of sp³-hybridized carbons (Fsp3) is 0.682. The molecule has 8 nitrogen and oxygen atoms in total. The fourth-order valence-corrected chi connectivity index (χ4v) is 8.41. The molecule has 1 aromatic carbocycles. The van der Waals surface area contributed by atoms with Gasteiger partial charge in [0.2, 0.25) is 10.0 Å². The van der Waals surface area contributed by atoms with Gasteiger partial charge in [0, 0.05) is 18.6 Å². The molecular formula is C22H38N2O6SSi. The molecule has 1 heterocycles. The van der Waals surface area contributed by atoms with Crippen LogP contribution in [0.5, 0.6) is 5.75 Å². The minimum Gasteiger partial charge on any atom is -0.497 e. The van der Waals surface area contributed by atoms with Gasteiger partial charge in [0.05, 0.1) is 26.0 Å². The SMILES string of the molecule is CC[Si](CC)(CC)OC[C@H]1[C@@H](N(Cc2ccc(OC)cc2)S(C)(=O)=O)C[C@@H](C)N1C(=O)O. The Hall–Kier alpha value is -1.62. The number of likely N-dealkylation sites (tertiary alicyclic amines) is 1. The highest BCUT2D eigenvalue weighted by Gasteiger charge is 2.48. The summed E-state index contributed by atoms with van der Waals surface area (Å²) in [5.41, 5.74) is 0.816. The third-order valence-corrected chi connectivity index (χ3v) is 12.8.